The summed E-state index contributed by atoms with van der Waals surface area (Å²) < 4.78 is 0. The highest BCUT2D eigenvalue weighted by Crippen LogP contribution is 2.19. The maximum atomic E-state index is 9.10. The standard InChI is InChI=1S/C10H15ClN2S.C2H2O4/c11-9-1-3-10(4-2-9)14-8-7-13-6-5-12;3-1(4)2(5)6/h1-4,13H,5-8,12H2;(H,3,4)(H,5,6). The third-order valence-electron chi connectivity index (χ3n) is 1.87. The van der Waals surface area contributed by atoms with Crippen LogP contribution in [0.3, 0.4) is 0 Å². The normalized spacial score (nSPS) is 9.50. The fourth-order valence-electron chi connectivity index (χ4n) is 0.999. The number of carbonyl (C=O) groups is 2. The van der Waals surface area contributed by atoms with Gasteiger partial charge in [0.15, 0.2) is 0 Å². The second-order valence-corrected chi connectivity index (χ2v) is 5.06. The van der Waals surface area contributed by atoms with E-state index in [-0.39, 0.29) is 0 Å². The van der Waals surface area contributed by atoms with Crippen LogP contribution >= 0.6 is 23.4 Å². The molecule has 0 aliphatic carbocycles. The van der Waals surface area contributed by atoms with E-state index in [2.05, 4.69) is 5.32 Å². The molecular formula is C12H17ClN2O4S. The van der Waals surface area contributed by atoms with Gasteiger partial charge in [-0.15, -0.1) is 11.8 Å². The minimum Gasteiger partial charge on any atom is -0.473 e. The topological polar surface area (TPSA) is 113 Å². The van der Waals surface area contributed by atoms with E-state index >= 15 is 0 Å². The maximum Gasteiger partial charge on any atom is 0.414 e. The zero-order valence-corrected chi connectivity index (χ0v) is 12.3. The van der Waals surface area contributed by atoms with Gasteiger partial charge in [0.25, 0.3) is 0 Å². The molecule has 20 heavy (non-hydrogen) atoms. The molecule has 5 N–H and O–H groups in total. The van der Waals surface area contributed by atoms with Crippen LogP contribution in [0.25, 0.3) is 0 Å². The van der Waals surface area contributed by atoms with Crippen molar-refractivity contribution in [1.82, 2.24) is 5.32 Å². The van der Waals surface area contributed by atoms with E-state index in [4.69, 9.17) is 37.1 Å². The van der Waals surface area contributed by atoms with Gasteiger partial charge in [0.05, 0.1) is 0 Å². The summed E-state index contributed by atoms with van der Waals surface area (Å²) in [4.78, 5) is 19.5. The summed E-state index contributed by atoms with van der Waals surface area (Å²) in [5, 5.41) is 18.8. The third-order valence-corrected chi connectivity index (χ3v) is 3.13. The van der Waals surface area contributed by atoms with Gasteiger partial charge in [0, 0.05) is 35.3 Å². The Morgan fingerprint density at radius 3 is 2.15 bits per heavy atom. The molecule has 1 rings (SSSR count). The van der Waals surface area contributed by atoms with Crippen LogP contribution in [-0.2, 0) is 9.59 Å². The van der Waals surface area contributed by atoms with Crippen LogP contribution < -0.4 is 11.1 Å². The Balaban J connectivity index is 0.000000511. The number of thioether (sulfide) groups is 1. The largest absolute Gasteiger partial charge is 0.473 e. The molecule has 0 aromatic heterocycles. The van der Waals surface area contributed by atoms with E-state index in [0.717, 1.165) is 23.9 Å². The Kier molecular flexibility index (Phi) is 10.8. The number of rotatable bonds is 6. The number of hydrogen-bond acceptors (Lipinski definition) is 5. The highest BCUT2D eigenvalue weighted by Gasteiger charge is 2.04. The van der Waals surface area contributed by atoms with Gasteiger partial charge in [-0.25, -0.2) is 9.59 Å². The molecule has 0 radical (unpaired) electrons. The van der Waals surface area contributed by atoms with Crippen LogP contribution in [0.4, 0.5) is 0 Å². The van der Waals surface area contributed by atoms with E-state index in [0.29, 0.717) is 6.54 Å². The molecule has 0 fully saturated rings. The van der Waals surface area contributed by atoms with Crippen molar-refractivity contribution in [3.05, 3.63) is 29.3 Å². The molecule has 0 bridgehead atoms. The van der Waals surface area contributed by atoms with Gasteiger partial charge in [-0.1, -0.05) is 11.6 Å². The van der Waals surface area contributed by atoms with Crippen molar-refractivity contribution in [2.45, 2.75) is 4.90 Å². The fourth-order valence-corrected chi connectivity index (χ4v) is 1.94. The van der Waals surface area contributed by atoms with E-state index in [1.54, 1.807) is 0 Å². The number of carboxylic acid groups (broad SMARTS) is 2. The molecule has 112 valence electrons. The monoisotopic (exact) mass is 320 g/mol. The first-order valence-electron chi connectivity index (χ1n) is 5.72. The van der Waals surface area contributed by atoms with E-state index < -0.39 is 11.9 Å². The van der Waals surface area contributed by atoms with Gasteiger partial charge in [-0.2, -0.15) is 0 Å². The van der Waals surface area contributed by atoms with Gasteiger partial charge in [0.1, 0.15) is 0 Å². The third kappa shape index (κ3) is 10.6. The summed E-state index contributed by atoms with van der Waals surface area (Å²) in [5.74, 6) is -2.59. The first kappa shape index (κ1) is 18.7. The minimum atomic E-state index is -1.82. The predicted octanol–water partition coefficient (Wildman–Crippen LogP) is 1.14. The summed E-state index contributed by atoms with van der Waals surface area (Å²) in [6.07, 6.45) is 0. The molecule has 0 heterocycles. The van der Waals surface area contributed by atoms with E-state index in [9.17, 15) is 0 Å². The van der Waals surface area contributed by atoms with Crippen molar-refractivity contribution in [3.63, 3.8) is 0 Å². The van der Waals surface area contributed by atoms with Gasteiger partial charge in [0.2, 0.25) is 0 Å². The van der Waals surface area contributed by atoms with Crippen molar-refractivity contribution in [2.75, 3.05) is 25.4 Å². The Bertz CT molecular complexity index is 402. The molecule has 0 spiro atoms. The Hall–Kier alpha value is -1.28. The second-order valence-electron chi connectivity index (χ2n) is 3.45. The number of halogens is 1. The molecule has 0 unspecified atom stereocenters. The van der Waals surface area contributed by atoms with Crippen molar-refractivity contribution in [1.29, 1.82) is 0 Å². The number of carboxylic acids is 2. The lowest BCUT2D eigenvalue weighted by atomic mass is 10.4. The van der Waals surface area contributed by atoms with Crippen molar-refractivity contribution in [3.8, 4) is 0 Å². The molecular weight excluding hydrogens is 304 g/mol. The molecule has 1 aromatic carbocycles. The van der Waals surface area contributed by atoms with Crippen molar-refractivity contribution >= 4 is 35.3 Å². The molecule has 6 nitrogen and oxygen atoms in total. The number of benzene rings is 1. The van der Waals surface area contributed by atoms with Crippen LogP contribution in [0.15, 0.2) is 29.2 Å². The van der Waals surface area contributed by atoms with Crippen LogP contribution in [0.1, 0.15) is 0 Å². The molecule has 0 aliphatic heterocycles. The number of aliphatic carboxylic acids is 2. The van der Waals surface area contributed by atoms with Crippen LogP contribution in [0, 0.1) is 0 Å². The first-order valence-corrected chi connectivity index (χ1v) is 7.09. The minimum absolute atomic E-state index is 0.700. The van der Waals surface area contributed by atoms with Crippen LogP contribution in [0.5, 0.6) is 0 Å². The summed E-state index contributed by atoms with van der Waals surface area (Å²) in [5.41, 5.74) is 5.35. The molecule has 0 atom stereocenters. The van der Waals surface area contributed by atoms with Crippen LogP contribution in [0.2, 0.25) is 5.02 Å². The fraction of sp³-hybridized carbons (Fsp3) is 0.333. The molecule has 0 saturated carbocycles. The number of hydrogen-bond donors (Lipinski definition) is 4. The number of nitrogens with two attached hydrogens (primary N) is 1. The zero-order chi connectivity index (χ0) is 15.4. The maximum absolute atomic E-state index is 9.10. The summed E-state index contributed by atoms with van der Waals surface area (Å²) in [7, 11) is 0. The van der Waals surface area contributed by atoms with Gasteiger partial charge < -0.3 is 21.3 Å². The quantitative estimate of drug-likeness (QED) is 0.353. The summed E-state index contributed by atoms with van der Waals surface area (Å²) >= 11 is 7.60. The van der Waals surface area contributed by atoms with E-state index in [1.807, 2.05) is 36.0 Å². The first-order chi connectivity index (χ1) is 9.47. The van der Waals surface area contributed by atoms with Crippen LogP contribution in [-0.4, -0.2) is 47.5 Å². The summed E-state index contributed by atoms with van der Waals surface area (Å²) in [6, 6.07) is 7.90. The van der Waals surface area contributed by atoms with Gasteiger partial charge in [-0.05, 0) is 24.3 Å². The van der Waals surface area contributed by atoms with Gasteiger partial charge in [-0.3, -0.25) is 0 Å². The Morgan fingerprint density at radius 2 is 1.70 bits per heavy atom. The molecule has 0 amide bonds. The molecule has 0 saturated heterocycles. The lowest BCUT2D eigenvalue weighted by Gasteiger charge is -2.03. The average Bonchev–Trinajstić information content (AvgIpc) is 2.41. The Morgan fingerprint density at radius 1 is 1.15 bits per heavy atom. The second kappa shape index (κ2) is 11.5. The Labute approximate surface area is 126 Å². The van der Waals surface area contributed by atoms with Gasteiger partial charge >= 0.3 is 11.9 Å². The van der Waals surface area contributed by atoms with Crippen molar-refractivity contribution < 1.29 is 19.8 Å². The predicted molar refractivity (Wildman–Crippen MR) is 79.4 cm³/mol. The highest BCUT2D eigenvalue weighted by atomic mass is 35.5. The summed E-state index contributed by atoms with van der Waals surface area (Å²) in [6.45, 7) is 2.58. The zero-order valence-electron chi connectivity index (χ0n) is 10.7. The van der Waals surface area contributed by atoms with E-state index in [1.165, 1.54) is 4.90 Å². The molecule has 1 aromatic rings. The molecule has 0 aliphatic rings. The molecule has 8 heteroatoms. The lowest BCUT2D eigenvalue weighted by Crippen LogP contribution is -2.24. The highest BCUT2D eigenvalue weighted by molar-refractivity contribution is 7.99. The number of nitrogens with one attached hydrogen (secondary N) is 1. The smallest absolute Gasteiger partial charge is 0.414 e. The average molecular weight is 321 g/mol. The lowest BCUT2D eigenvalue weighted by molar-refractivity contribution is -0.159. The SMILES string of the molecule is NCCNCCSc1ccc(Cl)cc1.O=C(O)C(=O)O. The van der Waals surface area contributed by atoms with Crippen molar-refractivity contribution in [2.24, 2.45) is 5.73 Å².